The van der Waals surface area contributed by atoms with E-state index in [0.717, 1.165) is 31.6 Å². The summed E-state index contributed by atoms with van der Waals surface area (Å²) in [6.07, 6.45) is 4.05. The van der Waals surface area contributed by atoms with Gasteiger partial charge in [0.15, 0.2) is 0 Å². The lowest BCUT2D eigenvalue weighted by atomic mass is 9.98. The van der Waals surface area contributed by atoms with Gasteiger partial charge in [-0.15, -0.1) is 12.4 Å². The average molecular weight is 331 g/mol. The van der Waals surface area contributed by atoms with Crippen LogP contribution < -0.4 is 11.1 Å². The van der Waals surface area contributed by atoms with E-state index in [1.165, 1.54) is 0 Å². The van der Waals surface area contributed by atoms with Crippen molar-refractivity contribution in [2.45, 2.75) is 24.5 Å². The molecule has 1 amide bonds. The summed E-state index contributed by atoms with van der Waals surface area (Å²) in [5.41, 5.74) is 7.98. The molecule has 118 valence electrons. The van der Waals surface area contributed by atoms with Crippen LogP contribution in [0.3, 0.4) is 0 Å². The topological polar surface area (TPSA) is 64.4 Å². The van der Waals surface area contributed by atoms with Crippen molar-refractivity contribution in [1.29, 1.82) is 0 Å². The van der Waals surface area contributed by atoms with Crippen LogP contribution in [0.4, 0.5) is 5.69 Å². The molecule has 1 saturated heterocycles. The van der Waals surface area contributed by atoms with Crippen LogP contribution in [0.25, 0.3) is 0 Å². The number of hydrogen-bond donors (Lipinski definition) is 2. The Bertz CT molecular complexity index is 491. The third-order valence-corrected chi connectivity index (χ3v) is 5.33. The van der Waals surface area contributed by atoms with Gasteiger partial charge in [0.2, 0.25) is 0 Å². The molecule has 0 spiro atoms. The highest BCUT2D eigenvalue weighted by molar-refractivity contribution is 8.00. The van der Waals surface area contributed by atoms with E-state index in [4.69, 9.17) is 10.5 Å². The van der Waals surface area contributed by atoms with E-state index in [9.17, 15) is 4.79 Å². The van der Waals surface area contributed by atoms with Crippen molar-refractivity contribution in [3.63, 3.8) is 0 Å². The predicted octanol–water partition coefficient (Wildman–Crippen LogP) is 2.64. The maximum atomic E-state index is 12.3. The van der Waals surface area contributed by atoms with Crippen LogP contribution in [0.5, 0.6) is 0 Å². The molecule has 1 aliphatic rings. The smallest absolute Gasteiger partial charge is 0.251 e. The molecule has 1 fully saturated rings. The normalized spacial score (nSPS) is 16.9. The number of ether oxygens (including phenoxy) is 1. The number of halogens is 1. The Labute approximate surface area is 136 Å². The van der Waals surface area contributed by atoms with Gasteiger partial charge < -0.3 is 15.8 Å². The summed E-state index contributed by atoms with van der Waals surface area (Å²) in [6, 6.07) is 5.43. The van der Waals surface area contributed by atoms with E-state index in [1.54, 1.807) is 6.07 Å². The molecular formula is C15H23ClN2O2S. The summed E-state index contributed by atoms with van der Waals surface area (Å²) in [4.78, 5) is 12.3. The largest absolute Gasteiger partial charge is 0.399 e. The number of anilines is 1. The van der Waals surface area contributed by atoms with Crippen LogP contribution in [-0.2, 0) is 4.74 Å². The summed E-state index contributed by atoms with van der Waals surface area (Å²) in [7, 11) is 0. The Hall–Kier alpha value is -0.910. The number of carbonyl (C=O) groups excluding carboxylic acids is 1. The summed E-state index contributed by atoms with van der Waals surface area (Å²) in [5, 5.41) is 3.06. The SMILES string of the molecule is CSC1(CNC(=O)c2cc(N)ccc2C)CCOCC1.Cl. The molecule has 2 rings (SSSR count). The van der Waals surface area contributed by atoms with Crippen molar-refractivity contribution >= 4 is 35.8 Å². The first-order valence-electron chi connectivity index (χ1n) is 6.83. The second-order valence-electron chi connectivity index (χ2n) is 5.26. The summed E-state index contributed by atoms with van der Waals surface area (Å²) < 4.78 is 5.51. The number of thioether (sulfide) groups is 1. The maximum Gasteiger partial charge on any atom is 0.251 e. The Kier molecular flexibility index (Phi) is 6.84. The molecule has 3 N–H and O–H groups in total. The highest BCUT2D eigenvalue weighted by atomic mass is 35.5. The molecule has 6 heteroatoms. The van der Waals surface area contributed by atoms with E-state index in [1.807, 2.05) is 30.8 Å². The van der Waals surface area contributed by atoms with Gasteiger partial charge >= 0.3 is 0 Å². The minimum atomic E-state index is -0.0466. The Morgan fingerprint density at radius 2 is 2.10 bits per heavy atom. The Balaban J connectivity index is 0.00000220. The van der Waals surface area contributed by atoms with Crippen molar-refractivity contribution in [1.82, 2.24) is 5.32 Å². The zero-order valence-corrected chi connectivity index (χ0v) is 14.1. The zero-order valence-electron chi connectivity index (χ0n) is 12.5. The predicted molar refractivity (Wildman–Crippen MR) is 91.5 cm³/mol. The molecule has 0 aromatic heterocycles. The lowest BCUT2D eigenvalue weighted by molar-refractivity contribution is 0.0742. The molecule has 0 atom stereocenters. The number of carbonyl (C=O) groups is 1. The number of hydrogen-bond acceptors (Lipinski definition) is 4. The van der Waals surface area contributed by atoms with Crippen LogP contribution in [0.2, 0.25) is 0 Å². The minimum Gasteiger partial charge on any atom is -0.399 e. The first-order chi connectivity index (χ1) is 9.56. The maximum absolute atomic E-state index is 12.3. The molecule has 0 radical (unpaired) electrons. The van der Waals surface area contributed by atoms with Crippen LogP contribution in [0.1, 0.15) is 28.8 Å². The van der Waals surface area contributed by atoms with E-state index in [2.05, 4.69) is 11.6 Å². The second kappa shape index (κ2) is 7.92. The van der Waals surface area contributed by atoms with Gasteiger partial charge in [-0.3, -0.25) is 4.79 Å². The van der Waals surface area contributed by atoms with Gasteiger partial charge in [0.05, 0.1) is 0 Å². The summed E-state index contributed by atoms with van der Waals surface area (Å²) in [6.45, 7) is 4.14. The second-order valence-corrected chi connectivity index (χ2v) is 6.53. The molecule has 4 nitrogen and oxygen atoms in total. The molecule has 1 aromatic rings. The van der Waals surface area contributed by atoms with Gasteiger partial charge in [-0.05, 0) is 43.7 Å². The molecule has 0 unspecified atom stereocenters. The molecule has 1 aromatic carbocycles. The van der Waals surface area contributed by atoms with Crippen molar-refractivity contribution in [2.24, 2.45) is 0 Å². The molecule has 0 saturated carbocycles. The standard InChI is InChI=1S/C15H22N2O2S.ClH/c1-11-3-4-12(16)9-13(11)14(18)17-10-15(20-2)5-7-19-8-6-15;/h3-4,9H,5-8,10,16H2,1-2H3,(H,17,18);1H. The Morgan fingerprint density at radius 1 is 1.43 bits per heavy atom. The summed E-state index contributed by atoms with van der Waals surface area (Å²) in [5.74, 6) is -0.0466. The average Bonchev–Trinajstić information content (AvgIpc) is 2.48. The third kappa shape index (κ3) is 4.53. The van der Waals surface area contributed by atoms with Crippen LogP contribution in [-0.4, -0.2) is 36.7 Å². The summed E-state index contributed by atoms with van der Waals surface area (Å²) >= 11 is 1.82. The molecule has 0 bridgehead atoms. The highest BCUT2D eigenvalue weighted by Gasteiger charge is 2.32. The number of aryl methyl sites for hydroxylation is 1. The number of nitrogens with two attached hydrogens (primary N) is 1. The highest BCUT2D eigenvalue weighted by Crippen LogP contribution is 2.33. The third-order valence-electron chi connectivity index (χ3n) is 3.91. The lowest BCUT2D eigenvalue weighted by Crippen LogP contribution is -2.44. The zero-order chi connectivity index (χ0) is 14.6. The van der Waals surface area contributed by atoms with E-state index in [0.29, 0.717) is 17.8 Å². The fourth-order valence-electron chi connectivity index (χ4n) is 2.42. The van der Waals surface area contributed by atoms with Gasteiger partial charge in [-0.1, -0.05) is 6.07 Å². The molecule has 1 heterocycles. The first kappa shape index (κ1) is 18.1. The Morgan fingerprint density at radius 3 is 2.71 bits per heavy atom. The molecule has 0 aliphatic carbocycles. The number of rotatable bonds is 4. The van der Waals surface area contributed by atoms with Crippen LogP contribution in [0.15, 0.2) is 18.2 Å². The first-order valence-corrected chi connectivity index (χ1v) is 8.06. The molecular weight excluding hydrogens is 308 g/mol. The van der Waals surface area contributed by atoms with E-state index >= 15 is 0 Å². The molecule has 1 aliphatic heterocycles. The van der Waals surface area contributed by atoms with E-state index in [-0.39, 0.29) is 23.1 Å². The lowest BCUT2D eigenvalue weighted by Gasteiger charge is -2.35. The fraction of sp³-hybridized carbons (Fsp3) is 0.533. The number of nitrogen functional groups attached to an aromatic ring is 1. The van der Waals surface area contributed by atoms with Crippen LogP contribution >= 0.6 is 24.2 Å². The van der Waals surface area contributed by atoms with Crippen molar-refractivity contribution in [2.75, 3.05) is 31.7 Å². The van der Waals surface area contributed by atoms with Gasteiger partial charge in [0.25, 0.3) is 5.91 Å². The van der Waals surface area contributed by atoms with E-state index < -0.39 is 0 Å². The number of nitrogens with one attached hydrogen (secondary N) is 1. The van der Waals surface area contributed by atoms with Crippen molar-refractivity contribution < 1.29 is 9.53 Å². The quantitative estimate of drug-likeness (QED) is 0.833. The molecule has 21 heavy (non-hydrogen) atoms. The number of amides is 1. The minimum absolute atomic E-state index is 0. The van der Waals surface area contributed by atoms with Gasteiger partial charge in [-0.2, -0.15) is 11.8 Å². The van der Waals surface area contributed by atoms with Crippen molar-refractivity contribution in [3.8, 4) is 0 Å². The van der Waals surface area contributed by atoms with Crippen LogP contribution in [0, 0.1) is 6.92 Å². The van der Waals surface area contributed by atoms with Gasteiger partial charge in [0, 0.05) is 35.8 Å². The fourth-order valence-corrected chi connectivity index (χ4v) is 3.21. The number of benzene rings is 1. The van der Waals surface area contributed by atoms with Crippen molar-refractivity contribution in [3.05, 3.63) is 29.3 Å². The monoisotopic (exact) mass is 330 g/mol. The van der Waals surface area contributed by atoms with Gasteiger partial charge in [0.1, 0.15) is 0 Å². The van der Waals surface area contributed by atoms with Gasteiger partial charge in [-0.25, -0.2) is 0 Å².